The van der Waals surface area contributed by atoms with Gasteiger partial charge in [0.2, 0.25) is 11.8 Å². The van der Waals surface area contributed by atoms with Crippen molar-refractivity contribution in [2.75, 3.05) is 11.5 Å². The SMILES string of the molecule is CC(=O)N[C@@H](CSSC[C@H](NC(C)=O)C(=O)OC(C)C)C(=O)OC(C)C. The highest BCUT2D eigenvalue weighted by molar-refractivity contribution is 8.76. The molecular formula is C16H28N2O6S2. The van der Waals surface area contributed by atoms with Gasteiger partial charge in [0.25, 0.3) is 0 Å². The van der Waals surface area contributed by atoms with Crippen LogP contribution >= 0.6 is 21.6 Å². The first-order valence-corrected chi connectivity index (χ1v) is 10.7. The summed E-state index contributed by atoms with van der Waals surface area (Å²) in [7, 11) is 2.58. The molecule has 2 amide bonds. The Morgan fingerprint density at radius 2 is 1.04 bits per heavy atom. The average molecular weight is 409 g/mol. The van der Waals surface area contributed by atoms with Gasteiger partial charge in [-0.25, -0.2) is 9.59 Å². The maximum absolute atomic E-state index is 12.0. The molecular weight excluding hydrogens is 380 g/mol. The summed E-state index contributed by atoms with van der Waals surface area (Å²) in [5.74, 6) is -1.17. The Bertz CT molecular complexity index is 455. The average Bonchev–Trinajstić information content (AvgIpc) is 2.46. The Balaban J connectivity index is 4.59. The number of rotatable bonds is 11. The van der Waals surface area contributed by atoms with E-state index in [-0.39, 0.29) is 35.5 Å². The Morgan fingerprint density at radius 3 is 1.27 bits per heavy atom. The molecule has 0 bridgehead atoms. The van der Waals surface area contributed by atoms with Crippen molar-refractivity contribution in [3.8, 4) is 0 Å². The second kappa shape index (κ2) is 12.9. The molecule has 0 aromatic heterocycles. The summed E-state index contributed by atoms with van der Waals surface area (Å²) in [5, 5.41) is 5.09. The van der Waals surface area contributed by atoms with Crippen molar-refractivity contribution < 1.29 is 28.7 Å². The van der Waals surface area contributed by atoms with Gasteiger partial charge in [0.15, 0.2) is 0 Å². The van der Waals surface area contributed by atoms with Crippen LogP contribution in [0.4, 0.5) is 0 Å². The maximum atomic E-state index is 12.0. The van der Waals surface area contributed by atoms with Gasteiger partial charge in [-0.05, 0) is 27.7 Å². The van der Waals surface area contributed by atoms with Gasteiger partial charge in [0.05, 0.1) is 12.2 Å². The summed E-state index contributed by atoms with van der Waals surface area (Å²) in [4.78, 5) is 46.5. The fraction of sp³-hybridized carbons (Fsp3) is 0.750. The predicted molar refractivity (Wildman–Crippen MR) is 103 cm³/mol. The van der Waals surface area contributed by atoms with E-state index in [4.69, 9.17) is 9.47 Å². The molecule has 0 saturated heterocycles. The van der Waals surface area contributed by atoms with Crippen LogP contribution in [0.3, 0.4) is 0 Å². The maximum Gasteiger partial charge on any atom is 0.329 e. The van der Waals surface area contributed by atoms with Gasteiger partial charge >= 0.3 is 11.9 Å². The molecule has 0 rings (SSSR count). The first-order valence-electron chi connectivity index (χ1n) is 8.22. The second-order valence-electron chi connectivity index (χ2n) is 6.05. The van der Waals surface area contributed by atoms with Gasteiger partial charge in [-0.1, -0.05) is 21.6 Å². The smallest absolute Gasteiger partial charge is 0.329 e. The van der Waals surface area contributed by atoms with Crippen LogP contribution in [-0.4, -0.2) is 59.6 Å². The van der Waals surface area contributed by atoms with Gasteiger partial charge in [0, 0.05) is 25.4 Å². The van der Waals surface area contributed by atoms with E-state index in [9.17, 15) is 19.2 Å². The molecule has 0 saturated carbocycles. The first kappa shape index (κ1) is 24.6. The van der Waals surface area contributed by atoms with Crippen LogP contribution in [0.1, 0.15) is 41.5 Å². The van der Waals surface area contributed by atoms with Gasteiger partial charge in [-0.15, -0.1) is 0 Å². The highest BCUT2D eigenvalue weighted by atomic mass is 33.1. The normalized spacial score (nSPS) is 13.1. The van der Waals surface area contributed by atoms with Crippen molar-refractivity contribution in [2.45, 2.75) is 65.8 Å². The quantitative estimate of drug-likeness (QED) is 0.299. The largest absolute Gasteiger partial charge is 0.461 e. The molecule has 0 aromatic carbocycles. The van der Waals surface area contributed by atoms with E-state index in [0.717, 1.165) is 0 Å². The van der Waals surface area contributed by atoms with Crippen LogP contribution in [0.15, 0.2) is 0 Å². The molecule has 0 spiro atoms. The molecule has 10 heteroatoms. The minimum Gasteiger partial charge on any atom is -0.461 e. The number of hydrogen-bond acceptors (Lipinski definition) is 8. The lowest BCUT2D eigenvalue weighted by Gasteiger charge is -2.19. The minimum atomic E-state index is -0.783. The molecule has 0 fully saturated rings. The van der Waals surface area contributed by atoms with Crippen molar-refractivity contribution in [3.05, 3.63) is 0 Å². The van der Waals surface area contributed by atoms with Crippen LogP contribution in [0.25, 0.3) is 0 Å². The molecule has 0 aliphatic rings. The van der Waals surface area contributed by atoms with Crippen molar-refractivity contribution in [2.24, 2.45) is 0 Å². The molecule has 2 atom stereocenters. The third-order valence-electron chi connectivity index (χ3n) is 2.58. The third-order valence-corrected chi connectivity index (χ3v) is 5.00. The van der Waals surface area contributed by atoms with Crippen LogP contribution in [0.5, 0.6) is 0 Å². The number of esters is 2. The van der Waals surface area contributed by atoms with Crippen LogP contribution in [0, 0.1) is 0 Å². The highest BCUT2D eigenvalue weighted by Crippen LogP contribution is 2.24. The summed E-state index contributed by atoms with van der Waals surface area (Å²) in [6.45, 7) is 9.54. The molecule has 26 heavy (non-hydrogen) atoms. The van der Waals surface area contributed by atoms with Crippen LogP contribution < -0.4 is 10.6 Å². The highest BCUT2D eigenvalue weighted by Gasteiger charge is 2.25. The van der Waals surface area contributed by atoms with Crippen molar-refractivity contribution in [1.82, 2.24) is 10.6 Å². The van der Waals surface area contributed by atoms with E-state index < -0.39 is 24.0 Å². The third kappa shape index (κ3) is 12.0. The first-order chi connectivity index (χ1) is 12.0. The Labute approximate surface area is 162 Å². The molecule has 0 aliphatic carbocycles. The summed E-state index contributed by atoms with van der Waals surface area (Å²) in [5.41, 5.74) is 0. The number of hydrogen-bond donors (Lipinski definition) is 2. The second-order valence-corrected chi connectivity index (χ2v) is 8.60. The Morgan fingerprint density at radius 1 is 0.731 bits per heavy atom. The lowest BCUT2D eigenvalue weighted by Crippen LogP contribution is -2.44. The van der Waals surface area contributed by atoms with E-state index in [1.807, 2.05) is 0 Å². The molecule has 150 valence electrons. The zero-order chi connectivity index (χ0) is 20.3. The molecule has 0 aromatic rings. The number of nitrogens with one attached hydrogen (secondary N) is 2. The summed E-state index contributed by atoms with van der Waals surface area (Å²) in [6.07, 6.45) is -0.572. The number of amides is 2. The van der Waals surface area contributed by atoms with Gasteiger partial charge in [-0.2, -0.15) is 0 Å². The molecule has 0 radical (unpaired) electrons. The summed E-state index contributed by atoms with van der Waals surface area (Å²) >= 11 is 0. The molecule has 0 aliphatic heterocycles. The molecule has 0 unspecified atom stereocenters. The van der Waals surface area contributed by atoms with E-state index in [2.05, 4.69) is 10.6 Å². The topological polar surface area (TPSA) is 111 Å². The molecule has 0 heterocycles. The number of carbonyl (C=O) groups is 4. The van der Waals surface area contributed by atoms with Crippen molar-refractivity contribution >= 4 is 45.3 Å². The minimum absolute atomic E-state index is 0.266. The fourth-order valence-electron chi connectivity index (χ4n) is 1.69. The molecule has 8 nitrogen and oxygen atoms in total. The zero-order valence-corrected chi connectivity index (χ0v) is 17.6. The summed E-state index contributed by atoms with van der Waals surface area (Å²) < 4.78 is 10.2. The zero-order valence-electron chi connectivity index (χ0n) is 16.0. The summed E-state index contributed by atoms with van der Waals surface area (Å²) in [6, 6.07) is -1.57. The standard InChI is InChI=1S/C16H28N2O6S2/c1-9(2)23-15(21)13(17-11(5)19)7-25-26-8-14(18-12(6)20)16(22)24-10(3)4/h9-10,13-14H,7-8H2,1-6H3,(H,17,19)(H,18,20)/t13-,14-/m0/s1. The van der Waals surface area contributed by atoms with Crippen molar-refractivity contribution in [3.63, 3.8) is 0 Å². The fourth-order valence-corrected chi connectivity index (χ4v) is 3.99. The number of ether oxygens (including phenoxy) is 2. The molecule has 2 N–H and O–H groups in total. The monoisotopic (exact) mass is 408 g/mol. The van der Waals surface area contributed by atoms with E-state index in [1.165, 1.54) is 35.4 Å². The van der Waals surface area contributed by atoms with Gasteiger partial charge in [0.1, 0.15) is 12.1 Å². The Kier molecular flexibility index (Phi) is 12.2. The Hall–Kier alpha value is -1.42. The van der Waals surface area contributed by atoms with Crippen LogP contribution in [0.2, 0.25) is 0 Å². The van der Waals surface area contributed by atoms with Crippen molar-refractivity contribution in [1.29, 1.82) is 0 Å². The van der Waals surface area contributed by atoms with Crippen LogP contribution in [-0.2, 0) is 28.7 Å². The van der Waals surface area contributed by atoms with E-state index >= 15 is 0 Å². The number of carbonyl (C=O) groups excluding carboxylic acids is 4. The lowest BCUT2D eigenvalue weighted by atomic mass is 10.3. The lowest BCUT2D eigenvalue weighted by molar-refractivity contribution is -0.151. The predicted octanol–water partition coefficient (Wildman–Crippen LogP) is 1.28. The van der Waals surface area contributed by atoms with E-state index in [1.54, 1.807) is 27.7 Å². The van der Waals surface area contributed by atoms with Gasteiger partial charge in [-0.3, -0.25) is 9.59 Å². The van der Waals surface area contributed by atoms with E-state index in [0.29, 0.717) is 0 Å². The van der Waals surface area contributed by atoms with Gasteiger partial charge < -0.3 is 20.1 Å².